The molecule has 0 aromatic carbocycles. The van der Waals surface area contributed by atoms with Crippen molar-refractivity contribution in [1.82, 2.24) is 0 Å². The Labute approximate surface area is 56.6 Å². The van der Waals surface area contributed by atoms with E-state index in [1.807, 2.05) is 0 Å². The summed E-state index contributed by atoms with van der Waals surface area (Å²) in [6.07, 6.45) is 4.65. The molecule has 0 heteroatoms. The van der Waals surface area contributed by atoms with E-state index in [2.05, 4.69) is 13.8 Å². The van der Waals surface area contributed by atoms with Gasteiger partial charge in [-0.3, -0.25) is 0 Å². The van der Waals surface area contributed by atoms with E-state index in [1.54, 1.807) is 12.8 Å². The fourth-order valence-electron chi connectivity index (χ4n) is 3.26. The van der Waals surface area contributed by atoms with E-state index in [0.717, 1.165) is 16.7 Å². The first-order chi connectivity index (χ1) is 4.27. The fraction of sp³-hybridized carbons (Fsp3) is 1.00. The van der Waals surface area contributed by atoms with Gasteiger partial charge in [0.1, 0.15) is 0 Å². The Balaban J connectivity index is 1.74. The average Bonchev–Trinajstić information content (AvgIpc) is 2.46. The van der Waals surface area contributed by atoms with E-state index < -0.39 is 0 Å². The Hall–Kier alpha value is 0. The van der Waals surface area contributed by atoms with Crippen LogP contribution in [0.5, 0.6) is 0 Å². The molecule has 3 aliphatic rings. The minimum Gasteiger partial charge on any atom is -0.0651 e. The first-order valence-corrected chi connectivity index (χ1v) is 4.27. The van der Waals surface area contributed by atoms with Crippen LogP contribution in [0, 0.1) is 22.7 Å². The van der Waals surface area contributed by atoms with Gasteiger partial charge in [0.05, 0.1) is 0 Å². The third kappa shape index (κ3) is 0.264. The SMILES string of the molecule is CCC(C)C1C23CC12C3. The van der Waals surface area contributed by atoms with Gasteiger partial charge in [0, 0.05) is 0 Å². The molecule has 0 aromatic rings. The van der Waals surface area contributed by atoms with Crippen molar-refractivity contribution in [3.05, 3.63) is 0 Å². The maximum absolute atomic E-state index is 2.43. The van der Waals surface area contributed by atoms with Crippen LogP contribution >= 0.6 is 0 Å². The summed E-state index contributed by atoms with van der Waals surface area (Å²) in [7, 11) is 0. The molecule has 0 N–H and O–H groups in total. The smallest absolute Gasteiger partial charge is 0.0190 e. The van der Waals surface area contributed by atoms with Crippen LogP contribution < -0.4 is 0 Å². The molecule has 3 saturated carbocycles. The van der Waals surface area contributed by atoms with E-state index in [1.165, 1.54) is 12.3 Å². The van der Waals surface area contributed by atoms with Gasteiger partial charge < -0.3 is 0 Å². The van der Waals surface area contributed by atoms with Crippen molar-refractivity contribution in [2.75, 3.05) is 0 Å². The van der Waals surface area contributed by atoms with Gasteiger partial charge in [0.15, 0.2) is 0 Å². The summed E-state index contributed by atoms with van der Waals surface area (Å²) < 4.78 is 0. The van der Waals surface area contributed by atoms with Gasteiger partial charge in [-0.15, -0.1) is 0 Å². The van der Waals surface area contributed by atoms with Gasteiger partial charge in [-0.25, -0.2) is 0 Å². The molecule has 0 nitrogen and oxygen atoms in total. The highest BCUT2D eigenvalue weighted by Crippen LogP contribution is 3.10. The molecule has 0 spiro atoms. The maximum Gasteiger partial charge on any atom is -0.0190 e. The van der Waals surface area contributed by atoms with Crippen molar-refractivity contribution in [2.24, 2.45) is 22.7 Å². The van der Waals surface area contributed by atoms with E-state index in [4.69, 9.17) is 0 Å². The van der Waals surface area contributed by atoms with Crippen LogP contribution in [0.2, 0.25) is 0 Å². The molecule has 0 aromatic heterocycles. The summed E-state index contributed by atoms with van der Waals surface area (Å²) in [5, 5.41) is 0. The predicted molar refractivity (Wildman–Crippen MR) is 37.0 cm³/mol. The van der Waals surface area contributed by atoms with E-state index >= 15 is 0 Å². The van der Waals surface area contributed by atoms with E-state index in [-0.39, 0.29) is 0 Å². The van der Waals surface area contributed by atoms with Crippen LogP contribution in [0.4, 0.5) is 0 Å². The van der Waals surface area contributed by atoms with Crippen molar-refractivity contribution in [3.8, 4) is 0 Å². The van der Waals surface area contributed by atoms with Crippen molar-refractivity contribution in [2.45, 2.75) is 33.1 Å². The third-order valence-corrected chi connectivity index (χ3v) is 4.32. The molecule has 0 aliphatic heterocycles. The molecule has 1 unspecified atom stereocenters. The Kier molecular flexibility index (Phi) is 0.470. The zero-order valence-corrected chi connectivity index (χ0v) is 6.28. The van der Waals surface area contributed by atoms with Crippen molar-refractivity contribution in [1.29, 1.82) is 0 Å². The molecule has 0 saturated heterocycles. The van der Waals surface area contributed by atoms with Gasteiger partial charge in [0.2, 0.25) is 0 Å². The standard InChI is InChI=1S/C9H14/c1-3-6(2)7-8-4-9(7,8)5-8/h6-7H,3-5H2,1-2H3. The van der Waals surface area contributed by atoms with Crippen LogP contribution in [0.3, 0.4) is 0 Å². The topological polar surface area (TPSA) is 0 Å². The number of hydrogen-bond donors (Lipinski definition) is 0. The average molecular weight is 122 g/mol. The molecule has 3 aliphatic carbocycles. The Morgan fingerprint density at radius 2 is 2.00 bits per heavy atom. The molecular formula is C9H14. The third-order valence-electron chi connectivity index (χ3n) is 4.32. The first kappa shape index (κ1) is 4.76. The Morgan fingerprint density at radius 3 is 2.11 bits per heavy atom. The molecule has 50 valence electrons. The number of rotatable bonds is 2. The Bertz CT molecular complexity index is 160. The normalized spacial score (nSPS) is 68.0. The quantitative estimate of drug-likeness (QED) is 0.527. The predicted octanol–water partition coefficient (Wildman–Crippen LogP) is 2.44. The highest BCUT2D eigenvalue weighted by molar-refractivity contribution is 5.52. The van der Waals surface area contributed by atoms with Crippen LogP contribution in [0.1, 0.15) is 33.1 Å². The van der Waals surface area contributed by atoms with Crippen LogP contribution in [0.25, 0.3) is 0 Å². The lowest BCUT2D eigenvalue weighted by Gasteiger charge is -2.26. The fourth-order valence-corrected chi connectivity index (χ4v) is 3.26. The lowest BCUT2D eigenvalue weighted by Crippen LogP contribution is -2.18. The summed E-state index contributed by atoms with van der Waals surface area (Å²) in [5.41, 5.74) is 2.00. The highest BCUT2D eigenvalue weighted by atomic mass is 15.1. The summed E-state index contributed by atoms with van der Waals surface area (Å²) in [5.74, 6) is 2.25. The van der Waals surface area contributed by atoms with Gasteiger partial charge in [0.25, 0.3) is 0 Å². The van der Waals surface area contributed by atoms with Crippen molar-refractivity contribution < 1.29 is 0 Å². The number of hydrogen-bond acceptors (Lipinski definition) is 0. The summed E-state index contributed by atoms with van der Waals surface area (Å²) in [6, 6.07) is 0. The minimum atomic E-state index is 1.00. The summed E-state index contributed by atoms with van der Waals surface area (Å²) >= 11 is 0. The van der Waals surface area contributed by atoms with Crippen LogP contribution in [0.15, 0.2) is 0 Å². The van der Waals surface area contributed by atoms with Crippen molar-refractivity contribution >= 4 is 0 Å². The zero-order chi connectivity index (χ0) is 6.28. The maximum atomic E-state index is 2.43. The second kappa shape index (κ2) is 0.889. The zero-order valence-electron chi connectivity index (χ0n) is 6.28. The lowest BCUT2D eigenvalue weighted by atomic mass is 9.79. The van der Waals surface area contributed by atoms with Gasteiger partial charge >= 0.3 is 0 Å². The first-order valence-electron chi connectivity index (χ1n) is 4.27. The van der Waals surface area contributed by atoms with Crippen molar-refractivity contribution in [3.63, 3.8) is 0 Å². The van der Waals surface area contributed by atoms with Gasteiger partial charge in [-0.05, 0) is 35.5 Å². The molecule has 0 radical (unpaired) electrons. The highest BCUT2D eigenvalue weighted by Gasteiger charge is 3.04. The van der Waals surface area contributed by atoms with Crippen LogP contribution in [-0.2, 0) is 0 Å². The molecule has 0 amide bonds. The van der Waals surface area contributed by atoms with Gasteiger partial charge in [-0.1, -0.05) is 20.3 Å². The Morgan fingerprint density at radius 1 is 1.44 bits per heavy atom. The van der Waals surface area contributed by atoms with E-state index in [9.17, 15) is 0 Å². The molecular weight excluding hydrogens is 108 g/mol. The molecule has 3 rings (SSSR count). The molecule has 0 heterocycles. The summed E-state index contributed by atoms with van der Waals surface area (Å²) in [4.78, 5) is 0. The summed E-state index contributed by atoms with van der Waals surface area (Å²) in [6.45, 7) is 4.76. The lowest BCUT2D eigenvalue weighted by molar-refractivity contribution is 0.230. The van der Waals surface area contributed by atoms with Gasteiger partial charge in [-0.2, -0.15) is 0 Å². The van der Waals surface area contributed by atoms with Crippen LogP contribution in [-0.4, -0.2) is 0 Å². The monoisotopic (exact) mass is 122 g/mol. The second-order valence-corrected chi connectivity index (χ2v) is 4.53. The minimum absolute atomic E-state index is 1.00. The molecule has 9 heavy (non-hydrogen) atoms. The second-order valence-electron chi connectivity index (χ2n) is 4.53. The largest absolute Gasteiger partial charge is 0.0651 e. The molecule has 3 fully saturated rings. The van der Waals surface area contributed by atoms with E-state index in [0.29, 0.717) is 0 Å². The molecule has 0 bridgehead atoms. The molecule has 1 atom stereocenters.